The number of hydrogen-bond acceptors (Lipinski definition) is 7. The van der Waals surface area contributed by atoms with Crippen molar-refractivity contribution in [2.24, 2.45) is 5.92 Å². The van der Waals surface area contributed by atoms with Crippen LogP contribution in [0.25, 0.3) is 0 Å². The summed E-state index contributed by atoms with van der Waals surface area (Å²) in [6, 6.07) is 21.8. The number of amides is 2. The minimum absolute atomic E-state index is 0.0112. The second-order valence-corrected chi connectivity index (χ2v) is 10.6. The predicted octanol–water partition coefficient (Wildman–Crippen LogP) is 3.74. The molecule has 2 aliphatic heterocycles. The van der Waals surface area contributed by atoms with E-state index in [4.69, 9.17) is 4.74 Å². The van der Waals surface area contributed by atoms with Crippen LogP contribution >= 0.6 is 0 Å². The molecule has 2 aliphatic rings. The molecule has 10 heteroatoms. The Morgan fingerprint density at radius 3 is 2.15 bits per heavy atom. The molecule has 0 saturated heterocycles. The van der Waals surface area contributed by atoms with Crippen LogP contribution in [-0.2, 0) is 22.7 Å². The fourth-order valence-electron chi connectivity index (χ4n) is 4.84. The van der Waals surface area contributed by atoms with Crippen molar-refractivity contribution in [1.82, 2.24) is 15.5 Å². The van der Waals surface area contributed by atoms with Crippen molar-refractivity contribution in [3.05, 3.63) is 106 Å². The first kappa shape index (κ1) is 29.7. The monoisotopic (exact) mass is 560 g/mol. The lowest BCUT2D eigenvalue weighted by Gasteiger charge is -2.32. The molecular formula is C31H36N4O6. The van der Waals surface area contributed by atoms with Gasteiger partial charge in [0, 0.05) is 25.7 Å². The molecule has 2 heterocycles. The van der Waals surface area contributed by atoms with E-state index in [0.29, 0.717) is 19.5 Å². The Morgan fingerprint density at radius 1 is 0.976 bits per heavy atom. The smallest absolute Gasteiger partial charge is 0.311 e. The third-order valence-corrected chi connectivity index (χ3v) is 6.97. The zero-order valence-corrected chi connectivity index (χ0v) is 23.2. The van der Waals surface area contributed by atoms with Crippen LogP contribution in [0.4, 0.5) is 5.69 Å². The van der Waals surface area contributed by atoms with Crippen LogP contribution in [0.15, 0.2) is 78.9 Å². The van der Waals surface area contributed by atoms with Crippen molar-refractivity contribution in [3.63, 3.8) is 0 Å². The number of carbonyl (C=O) groups is 2. The van der Waals surface area contributed by atoms with Gasteiger partial charge >= 0.3 is 5.69 Å². The largest absolute Gasteiger partial charge is 0.485 e. The molecule has 0 spiro atoms. The van der Waals surface area contributed by atoms with E-state index < -0.39 is 34.9 Å². The van der Waals surface area contributed by atoms with Gasteiger partial charge in [0.1, 0.15) is 18.7 Å². The number of nitro groups is 1. The molecule has 2 amide bonds. The summed E-state index contributed by atoms with van der Waals surface area (Å²) >= 11 is 0. The topological polar surface area (TPSA) is 134 Å². The summed E-state index contributed by atoms with van der Waals surface area (Å²) in [6.07, 6.45) is -0.789. The molecule has 41 heavy (non-hydrogen) atoms. The Kier molecular flexibility index (Phi) is 10.0. The van der Waals surface area contributed by atoms with Crippen molar-refractivity contribution in [1.29, 1.82) is 0 Å². The molecule has 3 N–H and O–H groups in total. The molecule has 3 aromatic carbocycles. The number of fused-ring (bicyclic) bond motifs is 11. The Balaban J connectivity index is 1.76. The van der Waals surface area contributed by atoms with Gasteiger partial charge in [-0.25, -0.2) is 0 Å². The standard InChI is InChI=1S/C31H36N4O6/c1-21(2)15-25-30(37)32-17-28(36)24-13-14-29(26(16-24)35(39)40)41-20-27(31(38)33-25)34(18-22-9-5-3-6-10-22)19-23-11-7-4-8-12-23/h3-14,16,21,25,27-28,36H,15,17-20H2,1-2H3,(H,32,37)(H,33,38)/t25-,27-,28-/m0/s1. The average Bonchev–Trinajstić information content (AvgIpc) is 2.95. The number of nitrogens with zero attached hydrogens (tertiary/aromatic N) is 2. The number of carbonyl (C=O) groups excluding carboxylic acids is 2. The lowest BCUT2D eigenvalue weighted by molar-refractivity contribution is -0.386. The maximum Gasteiger partial charge on any atom is 0.311 e. The fourth-order valence-corrected chi connectivity index (χ4v) is 4.84. The van der Waals surface area contributed by atoms with E-state index in [-0.39, 0.29) is 36.1 Å². The zero-order valence-electron chi connectivity index (χ0n) is 23.2. The van der Waals surface area contributed by atoms with Crippen LogP contribution in [-0.4, -0.2) is 52.0 Å². The maximum absolute atomic E-state index is 14.0. The molecule has 10 nitrogen and oxygen atoms in total. The normalized spacial score (nSPS) is 19.8. The van der Waals surface area contributed by atoms with Gasteiger partial charge in [-0.2, -0.15) is 0 Å². The van der Waals surface area contributed by atoms with Gasteiger partial charge in [-0.15, -0.1) is 0 Å². The third kappa shape index (κ3) is 8.12. The van der Waals surface area contributed by atoms with E-state index in [1.54, 1.807) is 0 Å². The van der Waals surface area contributed by atoms with Crippen molar-refractivity contribution in [2.75, 3.05) is 13.2 Å². The summed E-state index contributed by atoms with van der Waals surface area (Å²) in [5, 5.41) is 28.1. The average molecular weight is 561 g/mol. The van der Waals surface area contributed by atoms with Crippen molar-refractivity contribution in [2.45, 2.75) is 51.5 Å². The highest BCUT2D eigenvalue weighted by Gasteiger charge is 2.33. The van der Waals surface area contributed by atoms with Gasteiger partial charge in [0.15, 0.2) is 5.75 Å². The third-order valence-electron chi connectivity index (χ3n) is 6.97. The van der Waals surface area contributed by atoms with Gasteiger partial charge in [-0.05, 0) is 35.1 Å². The number of nitrogens with one attached hydrogen (secondary N) is 2. The van der Waals surface area contributed by atoms with E-state index in [9.17, 15) is 24.8 Å². The second-order valence-electron chi connectivity index (χ2n) is 10.6. The van der Waals surface area contributed by atoms with Crippen LogP contribution in [0.2, 0.25) is 0 Å². The molecule has 3 atom stereocenters. The molecule has 0 saturated carbocycles. The number of rotatable bonds is 8. The number of benzene rings is 3. The summed E-state index contributed by atoms with van der Waals surface area (Å²) in [5.41, 5.74) is 1.88. The lowest BCUT2D eigenvalue weighted by atomic mass is 10.0. The van der Waals surface area contributed by atoms with Crippen molar-refractivity contribution in [3.8, 4) is 5.75 Å². The molecule has 0 aromatic heterocycles. The van der Waals surface area contributed by atoms with Crippen LogP contribution in [0.3, 0.4) is 0 Å². The predicted molar refractivity (Wildman–Crippen MR) is 154 cm³/mol. The van der Waals surface area contributed by atoms with Gasteiger partial charge in [-0.3, -0.25) is 24.6 Å². The molecule has 2 bridgehead atoms. The van der Waals surface area contributed by atoms with Crippen LogP contribution in [0, 0.1) is 16.0 Å². The Morgan fingerprint density at radius 2 is 1.59 bits per heavy atom. The summed E-state index contributed by atoms with van der Waals surface area (Å²) in [7, 11) is 0. The first-order valence-electron chi connectivity index (χ1n) is 13.7. The molecular weight excluding hydrogens is 524 g/mol. The summed E-state index contributed by atoms with van der Waals surface area (Å²) in [6.45, 7) is 4.33. The summed E-state index contributed by atoms with van der Waals surface area (Å²) < 4.78 is 5.99. The highest BCUT2D eigenvalue weighted by atomic mass is 16.6. The minimum Gasteiger partial charge on any atom is -0.485 e. The minimum atomic E-state index is -1.18. The molecule has 3 aromatic rings. The quantitative estimate of drug-likeness (QED) is 0.282. The maximum atomic E-state index is 14.0. The van der Waals surface area contributed by atoms with E-state index >= 15 is 0 Å². The van der Waals surface area contributed by atoms with Crippen LogP contribution in [0.1, 0.15) is 43.1 Å². The van der Waals surface area contributed by atoms with Crippen LogP contribution < -0.4 is 15.4 Å². The van der Waals surface area contributed by atoms with Gasteiger partial charge < -0.3 is 20.5 Å². The number of nitro benzene ring substituents is 1. The van der Waals surface area contributed by atoms with Gasteiger partial charge in [0.25, 0.3) is 0 Å². The van der Waals surface area contributed by atoms with Crippen molar-refractivity contribution >= 4 is 17.5 Å². The van der Waals surface area contributed by atoms with E-state index in [1.165, 1.54) is 18.2 Å². The van der Waals surface area contributed by atoms with Gasteiger partial charge in [-0.1, -0.05) is 80.6 Å². The molecule has 5 rings (SSSR count). The highest BCUT2D eigenvalue weighted by Crippen LogP contribution is 2.31. The highest BCUT2D eigenvalue weighted by molar-refractivity contribution is 5.90. The van der Waals surface area contributed by atoms with Gasteiger partial charge in [0.05, 0.1) is 11.0 Å². The van der Waals surface area contributed by atoms with Crippen LogP contribution in [0.5, 0.6) is 5.75 Å². The number of ether oxygens (including phenoxy) is 1. The summed E-state index contributed by atoms with van der Waals surface area (Å²) in [4.78, 5) is 40.5. The summed E-state index contributed by atoms with van der Waals surface area (Å²) in [5.74, 6) is -0.784. The molecule has 0 aliphatic carbocycles. The number of aliphatic hydroxyl groups is 1. The van der Waals surface area contributed by atoms with Gasteiger partial charge in [0.2, 0.25) is 11.8 Å². The van der Waals surface area contributed by atoms with E-state index in [2.05, 4.69) is 10.6 Å². The fraction of sp³-hybridized carbons (Fsp3) is 0.355. The van der Waals surface area contributed by atoms with E-state index in [0.717, 1.165) is 11.1 Å². The Labute approximate surface area is 239 Å². The number of aliphatic hydroxyl groups excluding tert-OH is 1. The molecule has 0 fully saturated rings. The number of hydrogen-bond donors (Lipinski definition) is 3. The first-order chi connectivity index (χ1) is 19.7. The Bertz CT molecular complexity index is 1290. The molecule has 216 valence electrons. The second kappa shape index (κ2) is 13.9. The molecule has 0 unspecified atom stereocenters. The lowest BCUT2D eigenvalue weighted by Crippen LogP contribution is -2.55. The Hall–Kier alpha value is -4.28. The van der Waals surface area contributed by atoms with Crippen molar-refractivity contribution < 1.29 is 24.4 Å². The SMILES string of the molecule is CC(C)C[C@@H]1NC(=O)[C@@H](N(Cc2ccccc2)Cc2ccccc2)COc2ccc(cc2[N+](=O)[O-])[C@@H](O)CNC1=O. The van der Waals surface area contributed by atoms with E-state index in [1.807, 2.05) is 79.4 Å². The zero-order chi connectivity index (χ0) is 29.4. The first-order valence-corrected chi connectivity index (χ1v) is 13.7. The molecule has 0 radical (unpaired) electrons.